The minimum Gasteiger partial charge on any atom is -0.493 e. The van der Waals surface area contributed by atoms with E-state index in [1.54, 1.807) is 19.2 Å². The highest BCUT2D eigenvalue weighted by molar-refractivity contribution is 6.30. The number of aromatic nitrogens is 2. The molecule has 1 aromatic heterocycles. The van der Waals surface area contributed by atoms with Crippen molar-refractivity contribution in [1.29, 1.82) is 0 Å². The number of hydrogen-bond acceptors (Lipinski definition) is 5. The van der Waals surface area contributed by atoms with Gasteiger partial charge in [-0.2, -0.15) is 4.98 Å². The molecule has 1 heterocycles. The van der Waals surface area contributed by atoms with Crippen LogP contribution in [0.5, 0.6) is 11.5 Å². The topological polar surface area (TPSA) is 57.4 Å². The van der Waals surface area contributed by atoms with Crippen LogP contribution in [0.3, 0.4) is 0 Å². The lowest BCUT2D eigenvalue weighted by molar-refractivity contribution is 0.233. The Morgan fingerprint density at radius 3 is 2.68 bits per heavy atom. The summed E-state index contributed by atoms with van der Waals surface area (Å²) in [4.78, 5) is 4.33. The summed E-state index contributed by atoms with van der Waals surface area (Å²) in [6.07, 6.45) is 2.61. The van der Waals surface area contributed by atoms with Crippen LogP contribution in [0.4, 0.5) is 0 Å². The second-order valence-corrected chi connectivity index (χ2v) is 5.72. The van der Waals surface area contributed by atoms with Crippen molar-refractivity contribution in [1.82, 2.24) is 10.1 Å². The van der Waals surface area contributed by atoms with Crippen molar-refractivity contribution in [3.63, 3.8) is 0 Å². The maximum absolute atomic E-state index is 5.88. The fraction of sp³-hybridized carbons (Fsp3) is 0.158. The van der Waals surface area contributed by atoms with Crippen LogP contribution in [-0.2, 0) is 13.0 Å². The number of halogens is 1. The Kier molecular flexibility index (Phi) is 5.36. The third-order valence-electron chi connectivity index (χ3n) is 3.53. The number of hydrogen-bond donors (Lipinski definition) is 0. The van der Waals surface area contributed by atoms with Crippen molar-refractivity contribution in [3.8, 4) is 22.9 Å². The molecule has 0 bridgehead atoms. The van der Waals surface area contributed by atoms with Gasteiger partial charge in [-0.25, -0.2) is 0 Å². The van der Waals surface area contributed by atoms with Crippen molar-refractivity contribution in [2.24, 2.45) is 0 Å². The van der Waals surface area contributed by atoms with Crippen LogP contribution in [0.25, 0.3) is 11.4 Å². The average Bonchev–Trinajstić information content (AvgIpc) is 3.10. The molecule has 25 heavy (non-hydrogen) atoms. The number of rotatable bonds is 7. The molecule has 0 aliphatic heterocycles. The SMILES string of the molecule is C=CCc1ccc(OCc2nc(-c3ccc(Cl)cc3)no2)c(OC)c1. The summed E-state index contributed by atoms with van der Waals surface area (Å²) in [5, 5.41) is 4.61. The summed E-state index contributed by atoms with van der Waals surface area (Å²) >= 11 is 5.88. The second-order valence-electron chi connectivity index (χ2n) is 5.29. The molecule has 0 saturated carbocycles. The van der Waals surface area contributed by atoms with Crippen molar-refractivity contribution in [3.05, 3.63) is 71.6 Å². The van der Waals surface area contributed by atoms with E-state index in [1.165, 1.54) is 0 Å². The average molecular weight is 357 g/mol. The molecule has 6 heteroatoms. The van der Waals surface area contributed by atoms with Gasteiger partial charge in [0, 0.05) is 10.6 Å². The van der Waals surface area contributed by atoms with Crippen LogP contribution in [0, 0.1) is 0 Å². The number of benzene rings is 2. The molecule has 0 aliphatic carbocycles. The van der Waals surface area contributed by atoms with Crippen LogP contribution in [0.1, 0.15) is 11.5 Å². The summed E-state index contributed by atoms with van der Waals surface area (Å²) in [6, 6.07) is 13.0. The van der Waals surface area contributed by atoms with Crippen LogP contribution in [0.2, 0.25) is 5.02 Å². The fourth-order valence-electron chi connectivity index (χ4n) is 2.29. The van der Waals surface area contributed by atoms with Crippen LogP contribution < -0.4 is 9.47 Å². The quantitative estimate of drug-likeness (QED) is 0.574. The molecule has 0 atom stereocenters. The highest BCUT2D eigenvalue weighted by Crippen LogP contribution is 2.29. The first kappa shape index (κ1) is 17.0. The standard InChI is InChI=1S/C19H17ClN2O3/c1-3-4-13-5-10-16(17(11-13)23-2)24-12-18-21-19(22-25-18)14-6-8-15(20)9-7-14/h3,5-11H,1,4,12H2,2H3. The fourth-order valence-corrected chi connectivity index (χ4v) is 2.42. The van der Waals surface area contributed by atoms with Gasteiger partial charge in [0.2, 0.25) is 5.82 Å². The second kappa shape index (κ2) is 7.85. The number of ether oxygens (including phenoxy) is 2. The zero-order valence-electron chi connectivity index (χ0n) is 13.7. The monoisotopic (exact) mass is 356 g/mol. The van der Waals surface area contributed by atoms with Gasteiger partial charge < -0.3 is 14.0 Å². The molecule has 0 unspecified atom stereocenters. The smallest absolute Gasteiger partial charge is 0.264 e. The van der Waals surface area contributed by atoms with Crippen LogP contribution in [-0.4, -0.2) is 17.3 Å². The summed E-state index contributed by atoms with van der Waals surface area (Å²) in [5.74, 6) is 2.13. The summed E-state index contributed by atoms with van der Waals surface area (Å²) in [7, 11) is 1.60. The summed E-state index contributed by atoms with van der Waals surface area (Å²) in [6.45, 7) is 3.89. The molecule has 0 spiro atoms. The van der Waals surface area contributed by atoms with E-state index >= 15 is 0 Å². The van der Waals surface area contributed by atoms with E-state index in [9.17, 15) is 0 Å². The van der Waals surface area contributed by atoms with Gasteiger partial charge in [0.15, 0.2) is 18.1 Å². The lowest BCUT2D eigenvalue weighted by Gasteiger charge is -2.10. The third kappa shape index (κ3) is 4.19. The summed E-state index contributed by atoms with van der Waals surface area (Å²) < 4.78 is 16.3. The molecule has 0 radical (unpaired) electrons. The predicted molar refractivity (Wildman–Crippen MR) is 96.0 cm³/mol. The third-order valence-corrected chi connectivity index (χ3v) is 3.78. The first-order valence-corrected chi connectivity index (χ1v) is 8.06. The molecule has 0 saturated heterocycles. The molecular weight excluding hydrogens is 340 g/mol. The van der Waals surface area contributed by atoms with Gasteiger partial charge in [0.1, 0.15) is 0 Å². The first-order valence-electron chi connectivity index (χ1n) is 7.68. The largest absolute Gasteiger partial charge is 0.493 e. The predicted octanol–water partition coefficient (Wildman–Crippen LogP) is 4.71. The lowest BCUT2D eigenvalue weighted by Crippen LogP contribution is -1.98. The zero-order valence-corrected chi connectivity index (χ0v) is 14.5. The van der Waals surface area contributed by atoms with E-state index in [-0.39, 0.29) is 6.61 Å². The van der Waals surface area contributed by atoms with Gasteiger partial charge in [-0.15, -0.1) is 6.58 Å². The Bertz CT molecular complexity index is 859. The number of methoxy groups -OCH3 is 1. The normalized spacial score (nSPS) is 10.5. The Labute approximate surface area is 150 Å². The van der Waals surface area contributed by atoms with Crippen molar-refractivity contribution >= 4 is 11.6 Å². The molecule has 3 aromatic rings. The Balaban J connectivity index is 1.70. The van der Waals surface area contributed by atoms with E-state index in [2.05, 4.69) is 16.7 Å². The van der Waals surface area contributed by atoms with Gasteiger partial charge in [-0.05, 0) is 48.4 Å². The van der Waals surface area contributed by atoms with E-state index in [4.69, 9.17) is 25.6 Å². The molecule has 0 aliphatic rings. The molecule has 2 aromatic carbocycles. The zero-order chi connectivity index (χ0) is 17.6. The maximum atomic E-state index is 5.88. The molecule has 3 rings (SSSR count). The van der Waals surface area contributed by atoms with Gasteiger partial charge in [-0.1, -0.05) is 28.9 Å². The minimum atomic E-state index is 0.151. The van der Waals surface area contributed by atoms with Crippen molar-refractivity contribution in [2.75, 3.05) is 7.11 Å². The van der Waals surface area contributed by atoms with E-state index in [1.807, 2.05) is 36.4 Å². The molecule has 0 amide bonds. The number of allylic oxidation sites excluding steroid dienone is 1. The highest BCUT2D eigenvalue weighted by atomic mass is 35.5. The minimum absolute atomic E-state index is 0.151. The van der Waals surface area contributed by atoms with Crippen LogP contribution in [0.15, 0.2) is 59.6 Å². The molecule has 5 nitrogen and oxygen atoms in total. The molecule has 0 N–H and O–H groups in total. The van der Waals surface area contributed by atoms with Crippen LogP contribution >= 0.6 is 11.6 Å². The van der Waals surface area contributed by atoms with Gasteiger partial charge in [0.25, 0.3) is 5.89 Å². The summed E-state index contributed by atoms with van der Waals surface area (Å²) in [5.41, 5.74) is 1.92. The van der Waals surface area contributed by atoms with E-state index in [0.29, 0.717) is 28.2 Å². The van der Waals surface area contributed by atoms with Crippen molar-refractivity contribution < 1.29 is 14.0 Å². The highest BCUT2D eigenvalue weighted by Gasteiger charge is 2.11. The van der Waals surface area contributed by atoms with E-state index in [0.717, 1.165) is 17.5 Å². The maximum Gasteiger partial charge on any atom is 0.264 e. The van der Waals surface area contributed by atoms with Gasteiger partial charge in [0.05, 0.1) is 7.11 Å². The Morgan fingerprint density at radius 2 is 1.96 bits per heavy atom. The van der Waals surface area contributed by atoms with Gasteiger partial charge in [-0.3, -0.25) is 0 Å². The lowest BCUT2D eigenvalue weighted by atomic mass is 10.1. The molecule has 0 fully saturated rings. The Hall–Kier alpha value is -2.79. The number of nitrogens with zero attached hydrogens (tertiary/aromatic N) is 2. The Morgan fingerprint density at radius 1 is 1.16 bits per heavy atom. The van der Waals surface area contributed by atoms with Crippen molar-refractivity contribution in [2.45, 2.75) is 13.0 Å². The first-order chi connectivity index (χ1) is 12.2. The van der Waals surface area contributed by atoms with E-state index < -0.39 is 0 Å². The molecule has 128 valence electrons. The van der Waals surface area contributed by atoms with Gasteiger partial charge >= 0.3 is 0 Å². The molecular formula is C19H17ClN2O3.